The van der Waals surface area contributed by atoms with Crippen molar-refractivity contribution in [2.75, 3.05) is 6.44 Å². The molecule has 2 N–H and O–H groups in total. The summed E-state index contributed by atoms with van der Waals surface area (Å²) in [5.74, 6) is 1.46. The monoisotopic (exact) mass is 209 g/mol. The van der Waals surface area contributed by atoms with E-state index in [1.54, 1.807) is 0 Å². The van der Waals surface area contributed by atoms with E-state index >= 15 is 0 Å². The Bertz CT molecular complexity index is 296. The third kappa shape index (κ3) is 1.08. The van der Waals surface area contributed by atoms with E-state index in [1.165, 1.54) is 6.42 Å². The van der Waals surface area contributed by atoms with Crippen LogP contribution in [-0.4, -0.2) is 25.3 Å². The lowest BCUT2D eigenvalue weighted by Gasteiger charge is -2.64. The van der Waals surface area contributed by atoms with Crippen LogP contribution in [-0.2, 0) is 9.31 Å². The van der Waals surface area contributed by atoms with Gasteiger partial charge in [-0.2, -0.15) is 0 Å². The molecule has 15 heavy (non-hydrogen) atoms. The lowest BCUT2D eigenvalue weighted by atomic mass is 9.43. The molecule has 0 radical (unpaired) electrons. The highest BCUT2D eigenvalue weighted by atomic mass is 16.7. The van der Waals surface area contributed by atoms with Crippen LogP contribution in [0.1, 0.15) is 33.6 Å². The fourth-order valence-electron chi connectivity index (χ4n) is 4.05. The lowest BCUT2D eigenvalue weighted by Crippen LogP contribution is -2.65. The van der Waals surface area contributed by atoms with E-state index in [4.69, 9.17) is 15.0 Å². The molecule has 0 spiro atoms. The Morgan fingerprint density at radius 3 is 2.67 bits per heavy atom. The van der Waals surface area contributed by atoms with Crippen LogP contribution in [0.4, 0.5) is 0 Å². The van der Waals surface area contributed by atoms with Gasteiger partial charge in [0.05, 0.1) is 11.7 Å². The third-order valence-electron chi connectivity index (χ3n) is 5.19. The first-order valence-electron chi connectivity index (χ1n) is 6.02. The molecule has 84 valence electrons. The van der Waals surface area contributed by atoms with E-state index < -0.39 is 0 Å². The highest BCUT2D eigenvalue weighted by Gasteiger charge is 2.67. The molecule has 2 bridgehead atoms. The molecule has 3 saturated carbocycles. The van der Waals surface area contributed by atoms with Crippen molar-refractivity contribution in [3.05, 3.63) is 0 Å². The van der Waals surface area contributed by atoms with Crippen molar-refractivity contribution >= 4 is 7.12 Å². The van der Waals surface area contributed by atoms with Crippen molar-refractivity contribution in [2.45, 2.75) is 45.3 Å². The molecule has 3 aliphatic carbocycles. The SMILES string of the molecule is CC1(C)C2CC1[C@]1(C)OB(CN)O[C@@H]1C2. The van der Waals surface area contributed by atoms with Crippen molar-refractivity contribution in [3.8, 4) is 0 Å². The van der Waals surface area contributed by atoms with Crippen molar-refractivity contribution in [3.63, 3.8) is 0 Å². The van der Waals surface area contributed by atoms with Gasteiger partial charge in [-0.25, -0.2) is 0 Å². The largest absolute Gasteiger partial charge is 0.472 e. The summed E-state index contributed by atoms with van der Waals surface area (Å²) in [5, 5.41) is 0. The molecule has 0 aromatic carbocycles. The van der Waals surface area contributed by atoms with Gasteiger partial charge in [0, 0.05) is 6.44 Å². The molecule has 0 aromatic rings. The van der Waals surface area contributed by atoms with Gasteiger partial charge in [-0.3, -0.25) is 0 Å². The van der Waals surface area contributed by atoms with Gasteiger partial charge >= 0.3 is 7.12 Å². The highest BCUT2D eigenvalue weighted by Crippen LogP contribution is 2.65. The average Bonchev–Trinajstić information content (AvgIpc) is 2.53. The molecule has 4 fully saturated rings. The molecular formula is C11H20BNO2. The van der Waals surface area contributed by atoms with Crippen LogP contribution in [0.5, 0.6) is 0 Å². The smallest absolute Gasteiger partial charge is 0.405 e. The first-order chi connectivity index (χ1) is 6.98. The van der Waals surface area contributed by atoms with Crippen molar-refractivity contribution < 1.29 is 9.31 Å². The predicted molar refractivity (Wildman–Crippen MR) is 59.2 cm³/mol. The summed E-state index contributed by atoms with van der Waals surface area (Å²) in [6, 6.07) is 0. The van der Waals surface area contributed by atoms with E-state index in [1.807, 2.05) is 0 Å². The maximum atomic E-state index is 6.04. The summed E-state index contributed by atoms with van der Waals surface area (Å²) in [5.41, 5.74) is 5.97. The zero-order valence-corrected chi connectivity index (χ0v) is 9.82. The van der Waals surface area contributed by atoms with E-state index in [0.717, 1.165) is 12.3 Å². The molecule has 2 unspecified atom stereocenters. The van der Waals surface area contributed by atoms with Gasteiger partial charge < -0.3 is 15.0 Å². The molecule has 0 amide bonds. The topological polar surface area (TPSA) is 44.5 Å². The maximum absolute atomic E-state index is 6.04. The first-order valence-corrected chi connectivity index (χ1v) is 6.02. The van der Waals surface area contributed by atoms with Crippen LogP contribution in [0.2, 0.25) is 0 Å². The van der Waals surface area contributed by atoms with Gasteiger partial charge in [0.15, 0.2) is 0 Å². The van der Waals surface area contributed by atoms with Gasteiger partial charge in [-0.1, -0.05) is 13.8 Å². The zero-order valence-electron chi connectivity index (χ0n) is 9.82. The fourth-order valence-corrected chi connectivity index (χ4v) is 4.05. The summed E-state index contributed by atoms with van der Waals surface area (Å²) in [6.45, 7) is 6.95. The molecule has 4 atom stereocenters. The summed E-state index contributed by atoms with van der Waals surface area (Å²) < 4.78 is 11.9. The second kappa shape index (κ2) is 2.79. The molecular weight excluding hydrogens is 189 g/mol. The van der Waals surface area contributed by atoms with Crippen LogP contribution >= 0.6 is 0 Å². The second-order valence-electron chi connectivity index (χ2n) is 6.13. The van der Waals surface area contributed by atoms with Crippen molar-refractivity contribution in [1.29, 1.82) is 0 Å². The van der Waals surface area contributed by atoms with E-state index in [-0.39, 0.29) is 18.8 Å². The van der Waals surface area contributed by atoms with Crippen molar-refractivity contribution in [2.24, 2.45) is 23.0 Å². The van der Waals surface area contributed by atoms with E-state index in [2.05, 4.69) is 20.8 Å². The maximum Gasteiger partial charge on any atom is 0.472 e. The minimum atomic E-state index is -0.171. The zero-order chi connectivity index (χ0) is 10.8. The number of hydrogen-bond acceptors (Lipinski definition) is 3. The molecule has 3 nitrogen and oxygen atoms in total. The standard InChI is InChI=1S/C11H20BNO2/c1-10(2)7-4-8(10)11(3)9(5-7)14-12(6-13)15-11/h7-9H,4-6,13H2,1-3H3/t7?,8?,9-,11+/m1/s1. The summed E-state index contributed by atoms with van der Waals surface area (Å²) in [4.78, 5) is 0. The molecule has 1 aliphatic heterocycles. The van der Waals surface area contributed by atoms with Crippen LogP contribution in [0, 0.1) is 17.3 Å². The van der Waals surface area contributed by atoms with E-state index in [0.29, 0.717) is 17.8 Å². The first kappa shape index (κ1) is 10.1. The molecule has 4 heteroatoms. The van der Waals surface area contributed by atoms with Gasteiger partial charge in [0.2, 0.25) is 0 Å². The predicted octanol–water partition coefficient (Wildman–Crippen LogP) is 1.21. The lowest BCUT2D eigenvalue weighted by molar-refractivity contribution is -0.199. The molecule has 1 saturated heterocycles. The molecule has 4 rings (SSSR count). The minimum absolute atomic E-state index is 0.0811. The van der Waals surface area contributed by atoms with Crippen molar-refractivity contribution in [1.82, 2.24) is 0 Å². The summed E-state index contributed by atoms with van der Waals surface area (Å²) in [7, 11) is -0.171. The van der Waals surface area contributed by atoms with Gasteiger partial charge in [-0.05, 0) is 37.0 Å². The minimum Gasteiger partial charge on any atom is -0.405 e. The van der Waals surface area contributed by atoms with E-state index in [9.17, 15) is 0 Å². The summed E-state index contributed by atoms with van der Waals surface area (Å²) >= 11 is 0. The highest BCUT2D eigenvalue weighted by molar-refractivity contribution is 6.45. The fraction of sp³-hybridized carbons (Fsp3) is 1.00. The molecule has 4 aliphatic rings. The van der Waals surface area contributed by atoms with Gasteiger partial charge in [0.25, 0.3) is 0 Å². The van der Waals surface area contributed by atoms with Gasteiger partial charge in [0.1, 0.15) is 0 Å². The Morgan fingerprint density at radius 1 is 1.33 bits per heavy atom. The molecule has 1 heterocycles. The normalized spacial score (nSPS) is 51.2. The van der Waals surface area contributed by atoms with Crippen LogP contribution < -0.4 is 5.73 Å². The van der Waals surface area contributed by atoms with Crippen LogP contribution in [0.3, 0.4) is 0 Å². The Balaban J connectivity index is 1.89. The van der Waals surface area contributed by atoms with Gasteiger partial charge in [-0.15, -0.1) is 0 Å². The Morgan fingerprint density at radius 2 is 2.07 bits per heavy atom. The van der Waals surface area contributed by atoms with Crippen LogP contribution in [0.15, 0.2) is 0 Å². The Kier molecular flexibility index (Phi) is 1.88. The average molecular weight is 209 g/mol. The number of nitrogens with two attached hydrogens (primary N) is 1. The van der Waals surface area contributed by atoms with Crippen LogP contribution in [0.25, 0.3) is 0 Å². The molecule has 0 aromatic heterocycles. The Labute approximate surface area is 91.8 Å². The number of hydrogen-bond donors (Lipinski definition) is 1. The quantitative estimate of drug-likeness (QED) is 0.660. The third-order valence-corrected chi connectivity index (χ3v) is 5.19. The number of rotatable bonds is 1. The Hall–Kier alpha value is -0.0551. The summed E-state index contributed by atoms with van der Waals surface area (Å²) in [6.07, 6.45) is 3.21. The second-order valence-corrected chi connectivity index (χ2v) is 6.13.